The number of aliphatic hydroxyl groups is 1. The van der Waals surface area contributed by atoms with Crippen LogP contribution in [0.3, 0.4) is 0 Å². The minimum atomic E-state index is -1.68. The normalized spacial score (nSPS) is 20.4. The molecule has 49 heavy (non-hydrogen) atoms. The molecule has 0 saturated carbocycles. The maximum atomic E-state index is 13.8. The van der Waals surface area contributed by atoms with Gasteiger partial charge in [-0.3, -0.25) is 33.6 Å². The van der Waals surface area contributed by atoms with E-state index in [9.17, 15) is 53.7 Å². The van der Waals surface area contributed by atoms with Crippen LogP contribution in [0.4, 0.5) is 0 Å². The van der Waals surface area contributed by atoms with Gasteiger partial charge in [0.2, 0.25) is 41.4 Å². The fourth-order valence-corrected chi connectivity index (χ4v) is 5.62. The Labute approximate surface area is 280 Å². The smallest absolute Gasteiger partial charge is 0.326 e. The van der Waals surface area contributed by atoms with Crippen molar-refractivity contribution in [3.05, 3.63) is 29.8 Å². The summed E-state index contributed by atoms with van der Waals surface area (Å²) in [5.41, 5.74) is 10.8. The monoisotopic (exact) mass is 690 g/mol. The number of primary amides is 1. The number of carboxylic acid groups (broad SMARTS) is 1. The lowest BCUT2D eigenvalue weighted by Crippen LogP contribution is -2.58. The lowest BCUT2D eigenvalue weighted by Gasteiger charge is -2.31. The lowest BCUT2D eigenvalue weighted by molar-refractivity contribution is -0.147. The van der Waals surface area contributed by atoms with Crippen molar-refractivity contribution in [1.82, 2.24) is 31.1 Å². The third-order valence-corrected chi connectivity index (χ3v) is 8.12. The van der Waals surface area contributed by atoms with Crippen molar-refractivity contribution in [3.8, 4) is 5.75 Å². The molecule has 3 rings (SSSR count). The van der Waals surface area contributed by atoms with Crippen LogP contribution in [0, 0.1) is 0 Å². The van der Waals surface area contributed by atoms with E-state index in [2.05, 4.69) is 21.3 Å². The van der Waals surface area contributed by atoms with Gasteiger partial charge in [0.15, 0.2) is 0 Å². The van der Waals surface area contributed by atoms with E-state index >= 15 is 0 Å². The number of hydrogen-bond acceptors (Lipinski definition) is 11. The number of hydrogen-bond donors (Lipinski definition) is 9. The Hall–Kier alpha value is -5.30. The molecule has 0 bridgehead atoms. The number of phenols is 1. The van der Waals surface area contributed by atoms with Crippen molar-refractivity contribution in [1.29, 1.82) is 0 Å². The number of nitrogens with one attached hydrogen (secondary N) is 4. The molecule has 1 aromatic carbocycles. The number of phenolic OH excluding ortho intramolecular Hbond substituents is 1. The number of carbonyl (C=O) groups is 8. The number of aromatic hydroxyl groups is 1. The Morgan fingerprint density at radius 3 is 2.22 bits per heavy atom. The van der Waals surface area contributed by atoms with E-state index in [1.165, 1.54) is 36.1 Å². The molecular formula is C30H42N8O11. The maximum Gasteiger partial charge on any atom is 0.326 e. The van der Waals surface area contributed by atoms with Gasteiger partial charge in [-0.15, -0.1) is 0 Å². The number of carbonyl (C=O) groups excluding carboxylic acids is 7. The fraction of sp³-hybridized carbons (Fsp3) is 0.533. The zero-order valence-electron chi connectivity index (χ0n) is 26.8. The van der Waals surface area contributed by atoms with Crippen molar-refractivity contribution in [2.75, 3.05) is 26.2 Å². The number of nitrogens with zero attached hydrogens (tertiary/aromatic N) is 2. The molecule has 2 aliphatic heterocycles. The number of aliphatic carboxylic acids is 1. The van der Waals surface area contributed by atoms with E-state index in [-0.39, 0.29) is 44.6 Å². The molecule has 2 saturated heterocycles. The van der Waals surface area contributed by atoms with Gasteiger partial charge >= 0.3 is 5.97 Å². The number of rotatable bonds is 15. The first-order valence-corrected chi connectivity index (χ1v) is 15.6. The molecule has 0 aliphatic carbocycles. The van der Waals surface area contributed by atoms with Crippen molar-refractivity contribution in [2.24, 2.45) is 11.5 Å². The van der Waals surface area contributed by atoms with Gasteiger partial charge in [0.05, 0.1) is 25.6 Å². The molecule has 19 nitrogen and oxygen atoms in total. The van der Waals surface area contributed by atoms with Crippen molar-refractivity contribution < 1.29 is 53.7 Å². The van der Waals surface area contributed by atoms with Gasteiger partial charge in [-0.1, -0.05) is 12.1 Å². The standard InChI is InChI=1S/C30H42N8O11/c1-15(34-24(42)12-31)26(44)33-13-25(43)38-14-18(40)10-22(38)29(47)37-8-2-3-21(37)28(46)35-19(9-16-4-6-17(39)7-5-16)27(45)36-20(30(48)49)11-23(32)41/h4-7,15,18-22,39-40H,2-3,8-14,31H2,1H3,(H2,32,41)(H,33,44)(H,34,42)(H,35,46)(H,36,45)(H,48,49)/t15-,18+,19-,20-,21-,22-/m0/s1. The Balaban J connectivity index is 1.73. The molecule has 11 N–H and O–H groups in total. The molecule has 0 unspecified atom stereocenters. The molecule has 0 aromatic heterocycles. The molecule has 0 spiro atoms. The zero-order chi connectivity index (χ0) is 36.4. The fourth-order valence-electron chi connectivity index (χ4n) is 5.62. The van der Waals surface area contributed by atoms with Crippen LogP contribution < -0.4 is 32.7 Å². The summed E-state index contributed by atoms with van der Waals surface area (Å²) in [6, 6.07) is -0.624. The van der Waals surface area contributed by atoms with Gasteiger partial charge in [-0.2, -0.15) is 0 Å². The molecule has 19 heteroatoms. The quantitative estimate of drug-likeness (QED) is 0.0840. The summed E-state index contributed by atoms with van der Waals surface area (Å²) in [4.78, 5) is 103. The Kier molecular flexibility index (Phi) is 13.4. The zero-order valence-corrected chi connectivity index (χ0v) is 26.8. The van der Waals surface area contributed by atoms with Gasteiger partial charge in [0.25, 0.3) is 0 Å². The summed E-state index contributed by atoms with van der Waals surface area (Å²) < 4.78 is 0. The Morgan fingerprint density at radius 1 is 0.939 bits per heavy atom. The van der Waals surface area contributed by atoms with Gasteiger partial charge in [-0.25, -0.2) is 4.79 Å². The van der Waals surface area contributed by atoms with E-state index < -0.39 is 96.6 Å². The third-order valence-electron chi connectivity index (χ3n) is 8.12. The molecule has 0 radical (unpaired) electrons. The summed E-state index contributed by atoms with van der Waals surface area (Å²) in [7, 11) is 0. The van der Waals surface area contributed by atoms with Crippen molar-refractivity contribution in [3.63, 3.8) is 0 Å². The summed E-state index contributed by atoms with van der Waals surface area (Å²) >= 11 is 0. The van der Waals surface area contributed by atoms with E-state index in [1.807, 2.05) is 0 Å². The average molecular weight is 691 g/mol. The van der Waals surface area contributed by atoms with E-state index in [4.69, 9.17) is 11.5 Å². The molecule has 2 aliphatic rings. The van der Waals surface area contributed by atoms with E-state index in [0.717, 1.165) is 4.90 Å². The number of aliphatic hydroxyl groups excluding tert-OH is 1. The number of nitrogens with two attached hydrogens (primary N) is 2. The number of carboxylic acids is 1. The van der Waals surface area contributed by atoms with Crippen LogP contribution in [-0.4, -0.2) is 135 Å². The topological polar surface area (TPSA) is 304 Å². The second-order valence-corrected chi connectivity index (χ2v) is 11.9. The number of amides is 7. The Morgan fingerprint density at radius 2 is 1.61 bits per heavy atom. The van der Waals surface area contributed by atoms with Gasteiger partial charge in [0.1, 0.15) is 36.0 Å². The van der Waals surface area contributed by atoms with Gasteiger partial charge in [-0.05, 0) is 37.5 Å². The van der Waals surface area contributed by atoms with Crippen LogP contribution in [0.2, 0.25) is 0 Å². The first-order chi connectivity index (χ1) is 23.1. The van der Waals surface area contributed by atoms with Gasteiger partial charge in [0, 0.05) is 25.9 Å². The summed E-state index contributed by atoms with van der Waals surface area (Å²) in [6.45, 7) is 0.427. The number of β-amino-alcohol motifs (C(OH)–C–C–N with tert-alkyl or cyclic N) is 1. The van der Waals surface area contributed by atoms with Crippen LogP contribution in [0.5, 0.6) is 5.75 Å². The van der Waals surface area contributed by atoms with Gasteiger partial charge < -0.3 is 57.9 Å². The summed E-state index contributed by atoms with van der Waals surface area (Å²) in [6.07, 6.45) is -1.47. The first-order valence-electron chi connectivity index (χ1n) is 15.6. The molecule has 7 amide bonds. The van der Waals surface area contributed by atoms with Crippen molar-refractivity contribution in [2.45, 2.75) is 75.3 Å². The SMILES string of the molecule is C[C@H](NC(=O)CN)C(=O)NCC(=O)N1C[C@H](O)C[C@H]1C(=O)N1CCC[C@H]1C(=O)N[C@@H](Cc1ccc(O)cc1)C(=O)N[C@@H](CC(N)=O)C(=O)O. The highest BCUT2D eigenvalue weighted by molar-refractivity contribution is 5.97. The third kappa shape index (κ3) is 10.6. The Bertz CT molecular complexity index is 1440. The minimum absolute atomic E-state index is 0.0567. The minimum Gasteiger partial charge on any atom is -0.508 e. The predicted octanol–water partition coefficient (Wildman–Crippen LogP) is -4.60. The number of benzene rings is 1. The molecule has 6 atom stereocenters. The van der Waals surface area contributed by atoms with Crippen LogP contribution in [-0.2, 0) is 44.8 Å². The van der Waals surface area contributed by atoms with Crippen LogP contribution >= 0.6 is 0 Å². The van der Waals surface area contributed by atoms with E-state index in [1.54, 1.807) is 0 Å². The highest BCUT2D eigenvalue weighted by Gasteiger charge is 2.45. The molecule has 2 fully saturated rings. The summed E-state index contributed by atoms with van der Waals surface area (Å²) in [5, 5.41) is 39.0. The van der Waals surface area contributed by atoms with E-state index in [0.29, 0.717) is 12.0 Å². The van der Waals surface area contributed by atoms with Crippen LogP contribution in [0.1, 0.15) is 38.2 Å². The maximum absolute atomic E-state index is 13.8. The van der Waals surface area contributed by atoms with Crippen LogP contribution in [0.15, 0.2) is 24.3 Å². The molecule has 268 valence electrons. The highest BCUT2D eigenvalue weighted by Crippen LogP contribution is 2.26. The number of likely N-dealkylation sites (tertiary alicyclic amines) is 2. The van der Waals surface area contributed by atoms with Crippen LogP contribution in [0.25, 0.3) is 0 Å². The molecule has 2 heterocycles. The second-order valence-electron chi connectivity index (χ2n) is 11.9. The average Bonchev–Trinajstić information content (AvgIpc) is 3.70. The largest absolute Gasteiger partial charge is 0.508 e. The predicted molar refractivity (Wildman–Crippen MR) is 168 cm³/mol. The second kappa shape index (κ2) is 17.2. The first kappa shape index (κ1) is 38.2. The molecular weight excluding hydrogens is 648 g/mol. The lowest BCUT2D eigenvalue weighted by atomic mass is 10.0. The summed E-state index contributed by atoms with van der Waals surface area (Å²) in [5.74, 6) is -6.83. The highest BCUT2D eigenvalue weighted by atomic mass is 16.4. The molecule has 1 aromatic rings. The van der Waals surface area contributed by atoms with Crippen molar-refractivity contribution >= 4 is 47.3 Å².